The number of nitrogens with zero attached hydrogens (tertiary/aromatic N) is 5. The monoisotopic (exact) mass is 719 g/mol. The quantitative estimate of drug-likeness (QED) is 0.155. The molecule has 0 fully saturated rings. The summed E-state index contributed by atoms with van der Waals surface area (Å²) in [5.41, 5.74) is 7.72. The molecule has 0 spiro atoms. The number of nitrogens with one attached hydrogen (secondary N) is 4. The van der Waals surface area contributed by atoms with E-state index in [2.05, 4.69) is 119 Å². The fraction of sp³-hybridized carbons (Fsp3) is 0.429. The van der Waals surface area contributed by atoms with Crippen molar-refractivity contribution >= 4 is 11.8 Å². The van der Waals surface area contributed by atoms with Gasteiger partial charge in [-0.15, -0.1) is 10.2 Å². The number of carbonyl (C=O) groups is 2. The molecule has 0 bridgehead atoms. The lowest BCUT2D eigenvalue weighted by atomic mass is 9.66. The van der Waals surface area contributed by atoms with Crippen LogP contribution in [-0.2, 0) is 16.6 Å². The van der Waals surface area contributed by atoms with Crippen LogP contribution in [-0.4, -0.2) is 71.6 Å². The van der Waals surface area contributed by atoms with Crippen LogP contribution in [0.5, 0.6) is 0 Å². The van der Waals surface area contributed by atoms with Gasteiger partial charge in [0.15, 0.2) is 5.82 Å². The van der Waals surface area contributed by atoms with Crippen LogP contribution in [0.3, 0.4) is 0 Å². The van der Waals surface area contributed by atoms with Crippen molar-refractivity contribution in [1.82, 2.24) is 41.5 Å². The number of hydrogen-bond donors (Lipinski definition) is 4. The summed E-state index contributed by atoms with van der Waals surface area (Å²) in [6.45, 7) is 12.3. The number of rotatable bonds is 13. The summed E-state index contributed by atoms with van der Waals surface area (Å²) < 4.78 is 0. The number of likely N-dealkylation sites (N-methyl/N-ethyl adjacent to an activating group) is 1. The topological polar surface area (TPSA) is 152 Å². The summed E-state index contributed by atoms with van der Waals surface area (Å²) >= 11 is 0. The number of fused-ring (bicyclic) bond motifs is 1. The summed E-state index contributed by atoms with van der Waals surface area (Å²) in [5.74, 6) is 0.501. The third-order valence-electron chi connectivity index (χ3n) is 9.74. The Morgan fingerprint density at radius 1 is 1.09 bits per heavy atom. The van der Waals surface area contributed by atoms with Crippen molar-refractivity contribution in [3.8, 4) is 6.07 Å². The maximum Gasteiger partial charge on any atom is 0.251 e. The van der Waals surface area contributed by atoms with E-state index in [9.17, 15) is 9.59 Å². The highest BCUT2D eigenvalue weighted by molar-refractivity contribution is 5.94. The molecule has 1 aromatic heterocycles. The van der Waals surface area contributed by atoms with E-state index in [1.54, 1.807) is 18.0 Å². The van der Waals surface area contributed by atoms with E-state index in [1.807, 2.05) is 26.2 Å². The number of allylic oxidation sites excluding steroid dienone is 7. The van der Waals surface area contributed by atoms with Crippen molar-refractivity contribution in [3.05, 3.63) is 124 Å². The largest absolute Gasteiger partial charge is 0.392 e. The second-order valence-electron chi connectivity index (χ2n) is 13.2. The van der Waals surface area contributed by atoms with Crippen molar-refractivity contribution in [3.63, 3.8) is 0 Å². The number of tetrazole rings is 1. The number of carbonyl (C=O) groups excluding carboxylic acids is 2. The second kappa shape index (κ2) is 21.2. The van der Waals surface area contributed by atoms with E-state index in [-0.39, 0.29) is 24.4 Å². The minimum atomic E-state index is -0.808. The molecular weight excluding hydrogens is 663 g/mol. The number of aromatic nitrogens is 4. The van der Waals surface area contributed by atoms with E-state index >= 15 is 0 Å². The number of H-pyrrole nitrogens is 1. The molecule has 5 rings (SSSR count). The normalized spacial score (nSPS) is 16.1. The zero-order valence-corrected chi connectivity index (χ0v) is 32.6. The number of aryl methyl sites for hydroxylation is 2. The van der Waals surface area contributed by atoms with E-state index in [0.29, 0.717) is 17.8 Å². The van der Waals surface area contributed by atoms with Crippen LogP contribution in [0.25, 0.3) is 0 Å². The molecule has 2 aliphatic carbocycles. The van der Waals surface area contributed by atoms with Crippen LogP contribution in [0.15, 0.2) is 90.2 Å². The highest BCUT2D eigenvalue weighted by atomic mass is 16.2. The predicted molar refractivity (Wildman–Crippen MR) is 212 cm³/mol. The smallest absolute Gasteiger partial charge is 0.251 e. The Balaban J connectivity index is 0.000000753. The van der Waals surface area contributed by atoms with Crippen molar-refractivity contribution in [2.24, 2.45) is 0 Å². The molecule has 4 N–H and O–H groups in total. The van der Waals surface area contributed by atoms with Crippen LogP contribution in [0, 0.1) is 18.3 Å². The Bertz CT molecular complexity index is 1780. The van der Waals surface area contributed by atoms with Gasteiger partial charge in [0, 0.05) is 51.9 Å². The van der Waals surface area contributed by atoms with Gasteiger partial charge < -0.3 is 20.9 Å². The summed E-state index contributed by atoms with van der Waals surface area (Å²) in [7, 11) is 5.40. The van der Waals surface area contributed by atoms with E-state index in [1.165, 1.54) is 18.1 Å². The zero-order valence-electron chi connectivity index (χ0n) is 32.6. The van der Waals surface area contributed by atoms with Crippen molar-refractivity contribution in [1.29, 1.82) is 5.26 Å². The average Bonchev–Trinajstić information content (AvgIpc) is 3.57. The van der Waals surface area contributed by atoms with Crippen LogP contribution in [0.2, 0.25) is 0 Å². The molecule has 1 unspecified atom stereocenters. The lowest BCUT2D eigenvalue weighted by Gasteiger charge is -2.38. The number of hydrogen-bond acceptors (Lipinski definition) is 8. The highest BCUT2D eigenvalue weighted by Crippen LogP contribution is 2.50. The lowest BCUT2D eigenvalue weighted by molar-refractivity contribution is -0.129. The molecule has 11 heteroatoms. The summed E-state index contributed by atoms with van der Waals surface area (Å²) in [6, 6.07) is 16.0. The Kier molecular flexibility index (Phi) is 16.9. The fourth-order valence-electron chi connectivity index (χ4n) is 6.63. The molecule has 11 nitrogen and oxygen atoms in total. The highest BCUT2D eigenvalue weighted by Gasteiger charge is 2.47. The van der Waals surface area contributed by atoms with Gasteiger partial charge in [-0.2, -0.15) is 10.5 Å². The average molecular weight is 720 g/mol. The summed E-state index contributed by atoms with van der Waals surface area (Å²) in [5, 5.41) is 32.7. The van der Waals surface area contributed by atoms with Crippen LogP contribution < -0.4 is 16.0 Å². The van der Waals surface area contributed by atoms with Crippen molar-refractivity contribution in [2.45, 2.75) is 84.1 Å². The first-order chi connectivity index (χ1) is 25.6. The second-order valence-corrected chi connectivity index (χ2v) is 13.2. The maximum atomic E-state index is 13.3. The molecule has 0 saturated carbocycles. The van der Waals surface area contributed by atoms with Gasteiger partial charge in [0.2, 0.25) is 5.91 Å². The molecule has 2 aromatic carbocycles. The number of amides is 2. The van der Waals surface area contributed by atoms with Gasteiger partial charge in [0.05, 0.1) is 18.0 Å². The van der Waals surface area contributed by atoms with Gasteiger partial charge in [-0.25, -0.2) is 0 Å². The van der Waals surface area contributed by atoms with Crippen LogP contribution >= 0.6 is 0 Å². The molecule has 3 aromatic rings. The Morgan fingerprint density at radius 3 is 2.43 bits per heavy atom. The van der Waals surface area contributed by atoms with Gasteiger partial charge in [-0.05, 0) is 79.8 Å². The van der Waals surface area contributed by atoms with E-state index < -0.39 is 5.41 Å². The molecule has 1 heterocycles. The minimum absolute atomic E-state index is 0.0547. The Labute approximate surface area is 315 Å². The van der Waals surface area contributed by atoms with Gasteiger partial charge in [-0.1, -0.05) is 97.8 Å². The molecule has 282 valence electrons. The molecule has 2 amide bonds. The molecular formula is C42H57N9O2. The molecule has 2 atom stereocenters. The third kappa shape index (κ3) is 11.1. The number of aromatic amines is 1. The van der Waals surface area contributed by atoms with Crippen LogP contribution in [0.4, 0.5) is 0 Å². The zero-order chi connectivity index (χ0) is 38.8. The fourth-order valence-corrected chi connectivity index (χ4v) is 6.63. The lowest BCUT2D eigenvalue weighted by Crippen LogP contribution is -2.41. The molecule has 0 saturated heterocycles. The van der Waals surface area contributed by atoms with E-state index in [4.69, 9.17) is 5.26 Å². The number of nitriles is 1. The van der Waals surface area contributed by atoms with Gasteiger partial charge >= 0.3 is 0 Å². The number of unbranched alkanes of at least 4 members (excludes halogenated alkanes) is 1. The SMILES string of the molecule is C=C(CC)NC.CC#N.CCCCN(C)C(=O)CN[C@@H](CC1(c2nn[nH]n2)C2=C(CC=CC=C2)CCc2cc(C(=O)NC)ccc21)c1ccc(C)cc1. The molecule has 0 radical (unpaired) electrons. The summed E-state index contributed by atoms with van der Waals surface area (Å²) in [4.78, 5) is 27.8. The predicted octanol–water partition coefficient (Wildman–Crippen LogP) is 6.55. The number of benzene rings is 2. The maximum absolute atomic E-state index is 13.3. The van der Waals surface area contributed by atoms with Gasteiger partial charge in [0.1, 0.15) is 0 Å². The molecule has 0 aliphatic heterocycles. The minimum Gasteiger partial charge on any atom is -0.392 e. The Morgan fingerprint density at radius 2 is 1.83 bits per heavy atom. The van der Waals surface area contributed by atoms with Gasteiger partial charge in [0.25, 0.3) is 5.91 Å². The first-order valence-corrected chi connectivity index (χ1v) is 18.4. The van der Waals surface area contributed by atoms with Crippen molar-refractivity contribution in [2.75, 3.05) is 34.2 Å². The Hall–Kier alpha value is -5.34. The first-order valence-electron chi connectivity index (χ1n) is 18.4. The first kappa shape index (κ1) is 42.1. The standard InChI is InChI=1S/C35H43N7O2.C5H11N.C2H3N/c1-5-6-20-42(4)32(43)23-37-31(26-14-12-24(2)13-15-26)22-35(34-38-40-41-39-34)29-11-9-7-8-10-25(29)16-17-27-21-28(33(44)36-3)18-19-30(27)35;1-4-5(2)6-3;1-2-3/h7-9,11-15,18-19,21,31,37H,5-6,10,16-17,20,22-23H2,1-4H3,(H,36,44)(H,38,39,40,41);6H,2,4H2,1,3H3;1H3/t31-,35?;;/m0../s1. The summed E-state index contributed by atoms with van der Waals surface area (Å²) in [6.07, 6.45) is 14.5. The molecule has 2 aliphatic rings. The third-order valence-corrected chi connectivity index (χ3v) is 9.74. The van der Waals surface area contributed by atoms with Crippen LogP contribution in [0.1, 0.15) is 104 Å². The van der Waals surface area contributed by atoms with Gasteiger partial charge in [-0.3, -0.25) is 9.59 Å². The molecule has 53 heavy (non-hydrogen) atoms. The van der Waals surface area contributed by atoms with E-state index in [0.717, 1.165) is 73.0 Å². The van der Waals surface area contributed by atoms with Crippen molar-refractivity contribution < 1.29 is 9.59 Å².